The SMILES string of the molecule is CCCCC(CO)C(O)CCO. The van der Waals surface area contributed by atoms with Crippen LogP contribution in [-0.2, 0) is 0 Å². The molecule has 3 heteroatoms. The van der Waals surface area contributed by atoms with E-state index in [1.165, 1.54) is 0 Å². The molecule has 0 aromatic heterocycles. The lowest BCUT2D eigenvalue weighted by Gasteiger charge is -2.19. The molecule has 0 spiro atoms. The summed E-state index contributed by atoms with van der Waals surface area (Å²) in [6.45, 7) is 2.08. The fourth-order valence-corrected chi connectivity index (χ4v) is 1.24. The van der Waals surface area contributed by atoms with Crippen LogP contribution in [0.25, 0.3) is 0 Å². The Balaban J connectivity index is 3.62. The molecule has 0 rings (SSSR count). The lowest BCUT2D eigenvalue weighted by atomic mass is 9.95. The summed E-state index contributed by atoms with van der Waals surface area (Å²) in [5, 5.41) is 26.9. The van der Waals surface area contributed by atoms with Crippen LogP contribution in [0.4, 0.5) is 0 Å². The fourth-order valence-electron chi connectivity index (χ4n) is 1.24. The fraction of sp³-hybridized carbons (Fsp3) is 1.00. The van der Waals surface area contributed by atoms with E-state index in [1.807, 2.05) is 0 Å². The zero-order valence-electron chi connectivity index (χ0n) is 7.74. The predicted octanol–water partition coefficient (Wildman–Crippen LogP) is 0.528. The third-order valence-corrected chi connectivity index (χ3v) is 2.13. The molecule has 3 nitrogen and oxygen atoms in total. The molecule has 0 saturated carbocycles. The Kier molecular flexibility index (Phi) is 7.45. The summed E-state index contributed by atoms with van der Waals surface area (Å²) in [4.78, 5) is 0. The third kappa shape index (κ3) is 4.70. The van der Waals surface area contributed by atoms with Crippen molar-refractivity contribution < 1.29 is 15.3 Å². The summed E-state index contributed by atoms with van der Waals surface area (Å²) in [7, 11) is 0. The monoisotopic (exact) mass is 176 g/mol. The maximum absolute atomic E-state index is 9.42. The van der Waals surface area contributed by atoms with Crippen LogP contribution in [-0.4, -0.2) is 34.6 Å². The Morgan fingerprint density at radius 3 is 2.25 bits per heavy atom. The van der Waals surface area contributed by atoms with Gasteiger partial charge in [-0.2, -0.15) is 0 Å². The summed E-state index contributed by atoms with van der Waals surface area (Å²) in [5.41, 5.74) is 0. The van der Waals surface area contributed by atoms with Gasteiger partial charge in [-0.15, -0.1) is 0 Å². The van der Waals surface area contributed by atoms with Crippen molar-refractivity contribution in [3.63, 3.8) is 0 Å². The van der Waals surface area contributed by atoms with E-state index >= 15 is 0 Å². The number of aliphatic hydroxyl groups is 3. The Bertz CT molecular complexity index is 95.8. The van der Waals surface area contributed by atoms with Gasteiger partial charge < -0.3 is 15.3 Å². The lowest BCUT2D eigenvalue weighted by Crippen LogP contribution is -2.24. The second-order valence-corrected chi connectivity index (χ2v) is 3.16. The number of hydrogen-bond donors (Lipinski definition) is 3. The van der Waals surface area contributed by atoms with Crippen LogP contribution >= 0.6 is 0 Å². The summed E-state index contributed by atoms with van der Waals surface area (Å²) < 4.78 is 0. The van der Waals surface area contributed by atoms with E-state index < -0.39 is 6.10 Å². The van der Waals surface area contributed by atoms with Gasteiger partial charge in [-0.1, -0.05) is 19.8 Å². The zero-order chi connectivity index (χ0) is 9.40. The minimum absolute atomic E-state index is 0.0101. The van der Waals surface area contributed by atoms with Crippen molar-refractivity contribution in [1.82, 2.24) is 0 Å². The molecule has 0 aromatic carbocycles. The second kappa shape index (κ2) is 7.53. The minimum atomic E-state index is -0.549. The standard InChI is InChI=1S/C9H20O3/c1-2-3-4-8(7-11)9(12)5-6-10/h8-12H,2-7H2,1H3. The van der Waals surface area contributed by atoms with Crippen LogP contribution in [0.1, 0.15) is 32.6 Å². The first-order valence-corrected chi connectivity index (χ1v) is 4.66. The van der Waals surface area contributed by atoms with Crippen molar-refractivity contribution in [3.05, 3.63) is 0 Å². The van der Waals surface area contributed by atoms with Crippen molar-refractivity contribution in [3.8, 4) is 0 Å². The van der Waals surface area contributed by atoms with Gasteiger partial charge in [0, 0.05) is 19.1 Å². The average Bonchev–Trinajstić information content (AvgIpc) is 2.06. The molecule has 2 atom stereocenters. The normalized spacial score (nSPS) is 16.0. The van der Waals surface area contributed by atoms with Gasteiger partial charge in [0.25, 0.3) is 0 Å². The highest BCUT2D eigenvalue weighted by Crippen LogP contribution is 2.14. The van der Waals surface area contributed by atoms with Gasteiger partial charge in [0.05, 0.1) is 6.10 Å². The molecule has 0 amide bonds. The predicted molar refractivity (Wildman–Crippen MR) is 47.8 cm³/mol. The van der Waals surface area contributed by atoms with Crippen molar-refractivity contribution >= 4 is 0 Å². The lowest BCUT2D eigenvalue weighted by molar-refractivity contribution is 0.0425. The van der Waals surface area contributed by atoms with Crippen LogP contribution in [0.2, 0.25) is 0 Å². The average molecular weight is 176 g/mol. The van der Waals surface area contributed by atoms with Crippen LogP contribution < -0.4 is 0 Å². The van der Waals surface area contributed by atoms with Gasteiger partial charge in [0.15, 0.2) is 0 Å². The van der Waals surface area contributed by atoms with E-state index in [9.17, 15) is 5.11 Å². The van der Waals surface area contributed by atoms with E-state index in [4.69, 9.17) is 10.2 Å². The summed E-state index contributed by atoms with van der Waals surface area (Å²) in [5.74, 6) is -0.0582. The number of rotatable bonds is 7. The summed E-state index contributed by atoms with van der Waals surface area (Å²) >= 11 is 0. The number of unbranched alkanes of at least 4 members (excludes halogenated alkanes) is 1. The van der Waals surface area contributed by atoms with Crippen LogP contribution in [0.5, 0.6) is 0 Å². The highest BCUT2D eigenvalue weighted by Gasteiger charge is 2.16. The van der Waals surface area contributed by atoms with Gasteiger partial charge >= 0.3 is 0 Å². The van der Waals surface area contributed by atoms with Crippen LogP contribution in [0, 0.1) is 5.92 Å². The van der Waals surface area contributed by atoms with Crippen LogP contribution in [0.3, 0.4) is 0 Å². The van der Waals surface area contributed by atoms with E-state index in [-0.39, 0.29) is 19.1 Å². The molecule has 2 unspecified atom stereocenters. The third-order valence-electron chi connectivity index (χ3n) is 2.13. The maximum Gasteiger partial charge on any atom is 0.0612 e. The molecule has 74 valence electrons. The van der Waals surface area contributed by atoms with Crippen LogP contribution in [0.15, 0.2) is 0 Å². The summed E-state index contributed by atoms with van der Waals surface area (Å²) in [6, 6.07) is 0. The van der Waals surface area contributed by atoms with Gasteiger partial charge in [0.2, 0.25) is 0 Å². The molecule has 0 fully saturated rings. The highest BCUT2D eigenvalue weighted by atomic mass is 16.3. The number of hydrogen-bond acceptors (Lipinski definition) is 3. The smallest absolute Gasteiger partial charge is 0.0612 e. The first-order valence-electron chi connectivity index (χ1n) is 4.66. The largest absolute Gasteiger partial charge is 0.396 e. The molecule has 0 saturated heterocycles. The highest BCUT2D eigenvalue weighted by molar-refractivity contribution is 4.67. The first-order chi connectivity index (χ1) is 5.76. The Hall–Kier alpha value is -0.120. The molecular formula is C9H20O3. The Morgan fingerprint density at radius 2 is 1.83 bits per heavy atom. The molecular weight excluding hydrogens is 156 g/mol. The topological polar surface area (TPSA) is 60.7 Å². The minimum Gasteiger partial charge on any atom is -0.396 e. The Labute approximate surface area is 74.0 Å². The molecule has 0 radical (unpaired) electrons. The Morgan fingerprint density at radius 1 is 1.17 bits per heavy atom. The van der Waals surface area contributed by atoms with E-state index in [1.54, 1.807) is 0 Å². The zero-order valence-corrected chi connectivity index (χ0v) is 7.74. The molecule has 0 bridgehead atoms. The molecule has 0 aliphatic rings. The van der Waals surface area contributed by atoms with Crippen molar-refractivity contribution in [2.45, 2.75) is 38.7 Å². The molecule has 3 N–H and O–H groups in total. The molecule has 0 aromatic rings. The van der Waals surface area contributed by atoms with Gasteiger partial charge in [-0.25, -0.2) is 0 Å². The molecule has 12 heavy (non-hydrogen) atoms. The molecule has 0 heterocycles. The maximum atomic E-state index is 9.42. The van der Waals surface area contributed by atoms with E-state index in [0.29, 0.717) is 6.42 Å². The van der Waals surface area contributed by atoms with Gasteiger partial charge in [-0.3, -0.25) is 0 Å². The second-order valence-electron chi connectivity index (χ2n) is 3.16. The van der Waals surface area contributed by atoms with Crippen molar-refractivity contribution in [1.29, 1.82) is 0 Å². The van der Waals surface area contributed by atoms with Gasteiger partial charge in [0.1, 0.15) is 0 Å². The van der Waals surface area contributed by atoms with E-state index in [0.717, 1.165) is 19.3 Å². The van der Waals surface area contributed by atoms with Crippen molar-refractivity contribution in [2.24, 2.45) is 5.92 Å². The molecule has 0 aliphatic heterocycles. The first kappa shape index (κ1) is 11.9. The van der Waals surface area contributed by atoms with Gasteiger partial charge in [-0.05, 0) is 12.8 Å². The molecule has 0 aliphatic carbocycles. The van der Waals surface area contributed by atoms with Crippen molar-refractivity contribution in [2.75, 3.05) is 13.2 Å². The quantitative estimate of drug-likeness (QED) is 0.530. The number of aliphatic hydroxyl groups excluding tert-OH is 3. The summed E-state index contributed by atoms with van der Waals surface area (Å²) in [6.07, 6.45) is 2.76. The van der Waals surface area contributed by atoms with E-state index in [2.05, 4.69) is 6.92 Å².